The van der Waals surface area contributed by atoms with Crippen LogP contribution in [0.4, 0.5) is 4.79 Å². The van der Waals surface area contributed by atoms with E-state index in [-0.39, 0.29) is 5.56 Å². The molecule has 6 heteroatoms. The smallest absolute Gasteiger partial charge is 0.335 e. The number of carbonyl (C=O) groups is 2. The molecule has 17 heavy (non-hydrogen) atoms. The number of hydrogen-bond donors (Lipinski definition) is 3. The maximum absolute atomic E-state index is 10.9. The first kappa shape index (κ1) is 12.7. The number of aryl methyl sites for hydroxylation is 2. The van der Waals surface area contributed by atoms with Gasteiger partial charge >= 0.3 is 12.0 Å². The van der Waals surface area contributed by atoms with E-state index in [2.05, 4.69) is 5.10 Å². The number of primary amides is 1. The van der Waals surface area contributed by atoms with Crippen molar-refractivity contribution < 1.29 is 14.7 Å². The Morgan fingerprint density at radius 2 is 2.00 bits per heavy atom. The van der Waals surface area contributed by atoms with E-state index < -0.39 is 12.0 Å². The van der Waals surface area contributed by atoms with Crippen LogP contribution >= 0.6 is 0 Å². The number of carboxylic acid groups (broad SMARTS) is 1. The number of amides is 2. The molecule has 1 aromatic rings. The minimum Gasteiger partial charge on any atom is -0.478 e. The van der Waals surface area contributed by atoms with Crippen molar-refractivity contribution in [3.63, 3.8) is 0 Å². The fourth-order valence-corrected chi connectivity index (χ4v) is 1.40. The first-order chi connectivity index (χ1) is 7.91. The lowest BCUT2D eigenvalue weighted by molar-refractivity contribution is 0.0696. The Morgan fingerprint density at radius 1 is 1.35 bits per heavy atom. The second-order valence-corrected chi connectivity index (χ2v) is 3.56. The monoisotopic (exact) mass is 235 g/mol. The average molecular weight is 235 g/mol. The highest BCUT2D eigenvalue weighted by Gasteiger charge is 2.09. The van der Waals surface area contributed by atoms with Crippen LogP contribution in [-0.4, -0.2) is 23.3 Å². The van der Waals surface area contributed by atoms with Crippen molar-refractivity contribution >= 4 is 18.2 Å². The molecule has 6 nitrogen and oxygen atoms in total. The molecule has 0 atom stereocenters. The number of urea groups is 1. The summed E-state index contributed by atoms with van der Waals surface area (Å²) < 4.78 is 0. The van der Waals surface area contributed by atoms with Crippen LogP contribution in [-0.2, 0) is 0 Å². The zero-order valence-electron chi connectivity index (χ0n) is 9.52. The summed E-state index contributed by atoms with van der Waals surface area (Å²) in [7, 11) is 0. The van der Waals surface area contributed by atoms with E-state index in [4.69, 9.17) is 10.8 Å². The van der Waals surface area contributed by atoms with E-state index in [0.29, 0.717) is 11.1 Å². The number of aromatic carboxylic acids is 1. The molecule has 90 valence electrons. The van der Waals surface area contributed by atoms with Gasteiger partial charge in [-0.1, -0.05) is 6.07 Å². The van der Waals surface area contributed by atoms with Crippen LogP contribution in [0.1, 0.15) is 27.0 Å². The van der Waals surface area contributed by atoms with Crippen molar-refractivity contribution in [2.75, 3.05) is 0 Å². The van der Waals surface area contributed by atoms with Crippen LogP contribution in [0, 0.1) is 13.8 Å². The number of nitrogens with zero attached hydrogens (tertiary/aromatic N) is 1. The van der Waals surface area contributed by atoms with Crippen LogP contribution in [0.3, 0.4) is 0 Å². The Hall–Kier alpha value is -2.37. The number of carboxylic acids is 1. The van der Waals surface area contributed by atoms with Crippen molar-refractivity contribution in [2.45, 2.75) is 13.8 Å². The molecule has 1 aromatic carbocycles. The molecule has 1 rings (SSSR count). The number of benzene rings is 1. The second kappa shape index (κ2) is 5.11. The fourth-order valence-electron chi connectivity index (χ4n) is 1.40. The Bertz CT molecular complexity index is 495. The maximum Gasteiger partial charge on any atom is 0.335 e. The van der Waals surface area contributed by atoms with E-state index >= 15 is 0 Å². The van der Waals surface area contributed by atoms with Gasteiger partial charge in [-0.05, 0) is 36.6 Å². The van der Waals surface area contributed by atoms with Gasteiger partial charge in [0.1, 0.15) is 0 Å². The lowest BCUT2D eigenvalue weighted by atomic mass is 10.0. The van der Waals surface area contributed by atoms with Gasteiger partial charge in [-0.2, -0.15) is 5.10 Å². The van der Waals surface area contributed by atoms with Gasteiger partial charge in [0, 0.05) is 0 Å². The Balaban J connectivity index is 3.07. The predicted molar refractivity (Wildman–Crippen MR) is 63.2 cm³/mol. The molecule has 0 saturated heterocycles. The van der Waals surface area contributed by atoms with Gasteiger partial charge in [0.2, 0.25) is 0 Å². The van der Waals surface area contributed by atoms with Crippen LogP contribution < -0.4 is 11.2 Å². The van der Waals surface area contributed by atoms with Crippen molar-refractivity contribution in [3.8, 4) is 0 Å². The van der Waals surface area contributed by atoms with Gasteiger partial charge < -0.3 is 10.8 Å². The summed E-state index contributed by atoms with van der Waals surface area (Å²) in [5.74, 6) is -1.000. The first-order valence-electron chi connectivity index (χ1n) is 4.85. The maximum atomic E-state index is 10.9. The summed E-state index contributed by atoms with van der Waals surface area (Å²) in [6, 6.07) is 2.47. The van der Waals surface area contributed by atoms with Crippen molar-refractivity contribution in [1.29, 1.82) is 0 Å². The molecule has 0 radical (unpaired) electrons. The van der Waals surface area contributed by atoms with E-state index in [9.17, 15) is 9.59 Å². The van der Waals surface area contributed by atoms with Gasteiger partial charge in [-0.25, -0.2) is 15.0 Å². The highest BCUT2D eigenvalue weighted by atomic mass is 16.4. The van der Waals surface area contributed by atoms with Crippen molar-refractivity contribution in [1.82, 2.24) is 5.43 Å². The molecule has 0 aliphatic heterocycles. The zero-order chi connectivity index (χ0) is 13.0. The Morgan fingerprint density at radius 3 is 2.53 bits per heavy atom. The molecule has 0 aliphatic rings. The third-order valence-electron chi connectivity index (χ3n) is 2.22. The minimum atomic E-state index is -1.000. The summed E-state index contributed by atoms with van der Waals surface area (Å²) >= 11 is 0. The normalized spacial score (nSPS) is 10.5. The number of rotatable bonds is 3. The van der Waals surface area contributed by atoms with Gasteiger partial charge in [0.05, 0.1) is 11.8 Å². The largest absolute Gasteiger partial charge is 0.478 e. The summed E-state index contributed by atoms with van der Waals surface area (Å²) in [5, 5.41) is 12.5. The number of hydrogen-bond acceptors (Lipinski definition) is 3. The number of nitrogens with two attached hydrogens (primary N) is 1. The van der Waals surface area contributed by atoms with Gasteiger partial charge in [-0.3, -0.25) is 0 Å². The Kier molecular flexibility index (Phi) is 3.82. The SMILES string of the molecule is Cc1cc(C)c(C(=O)O)cc1C=NNC(N)=O. The second-order valence-electron chi connectivity index (χ2n) is 3.56. The number of hydrazone groups is 1. The van der Waals surface area contributed by atoms with Crippen molar-refractivity contribution in [3.05, 3.63) is 34.4 Å². The van der Waals surface area contributed by atoms with Crippen LogP contribution in [0.25, 0.3) is 0 Å². The molecule has 0 aliphatic carbocycles. The number of nitrogens with one attached hydrogen (secondary N) is 1. The molecule has 0 fully saturated rings. The van der Waals surface area contributed by atoms with Crippen molar-refractivity contribution in [2.24, 2.45) is 10.8 Å². The summed E-state index contributed by atoms with van der Waals surface area (Å²) in [4.78, 5) is 21.3. The quantitative estimate of drug-likeness (QED) is 0.537. The van der Waals surface area contributed by atoms with Crippen LogP contribution in [0.2, 0.25) is 0 Å². The van der Waals surface area contributed by atoms with Gasteiger partial charge in [0.25, 0.3) is 0 Å². The lowest BCUT2D eigenvalue weighted by Crippen LogP contribution is -2.24. The summed E-state index contributed by atoms with van der Waals surface area (Å²) in [6.45, 7) is 3.54. The Labute approximate surface area is 98.1 Å². The highest BCUT2D eigenvalue weighted by Crippen LogP contribution is 2.14. The molecular formula is C11H13N3O3. The minimum absolute atomic E-state index is 0.205. The standard InChI is InChI=1S/C11H13N3O3/c1-6-3-7(2)9(10(15)16)4-8(6)5-13-14-11(12)17/h3-5H,1-2H3,(H,15,16)(H3,12,14,17). The molecule has 0 spiro atoms. The topological polar surface area (TPSA) is 105 Å². The highest BCUT2D eigenvalue weighted by molar-refractivity contribution is 5.93. The third-order valence-corrected chi connectivity index (χ3v) is 2.22. The molecule has 0 aromatic heterocycles. The molecule has 0 saturated carbocycles. The third kappa shape index (κ3) is 3.30. The number of carbonyl (C=O) groups excluding carboxylic acids is 1. The molecule has 2 amide bonds. The predicted octanol–water partition coefficient (Wildman–Crippen LogP) is 1.00. The summed E-state index contributed by atoms with van der Waals surface area (Å²) in [5.41, 5.74) is 9.24. The molecule has 4 N–H and O–H groups in total. The average Bonchev–Trinajstić information content (AvgIpc) is 2.20. The van der Waals surface area contributed by atoms with Gasteiger partial charge in [0.15, 0.2) is 0 Å². The molecular weight excluding hydrogens is 222 g/mol. The zero-order valence-corrected chi connectivity index (χ0v) is 9.52. The van der Waals surface area contributed by atoms with Crippen LogP contribution in [0.15, 0.2) is 17.2 Å². The molecule has 0 unspecified atom stereocenters. The summed E-state index contributed by atoms with van der Waals surface area (Å²) in [6.07, 6.45) is 1.35. The van der Waals surface area contributed by atoms with Gasteiger partial charge in [-0.15, -0.1) is 0 Å². The fraction of sp³-hybridized carbons (Fsp3) is 0.182. The van der Waals surface area contributed by atoms with Crippen LogP contribution in [0.5, 0.6) is 0 Å². The van der Waals surface area contributed by atoms with E-state index in [0.717, 1.165) is 5.56 Å². The van der Waals surface area contributed by atoms with E-state index in [1.54, 1.807) is 13.0 Å². The first-order valence-corrected chi connectivity index (χ1v) is 4.85. The van der Waals surface area contributed by atoms with E-state index in [1.165, 1.54) is 12.3 Å². The van der Waals surface area contributed by atoms with E-state index in [1.807, 2.05) is 12.3 Å². The molecule has 0 heterocycles. The molecule has 0 bridgehead atoms. The lowest BCUT2D eigenvalue weighted by Gasteiger charge is -2.05.